The number of carbonyl (C=O) groups is 1. The number of quaternary nitrogens is 1. The summed E-state index contributed by atoms with van der Waals surface area (Å²) in [7, 11) is 0. The Bertz CT molecular complexity index is 580. The summed E-state index contributed by atoms with van der Waals surface area (Å²) in [6.45, 7) is 9.76. The van der Waals surface area contributed by atoms with E-state index in [0.29, 0.717) is 52.8 Å². The van der Waals surface area contributed by atoms with Crippen LogP contribution in [0.25, 0.3) is 0 Å². The van der Waals surface area contributed by atoms with E-state index in [1.165, 1.54) is 45.2 Å². The smallest absolute Gasteiger partial charge is 0.303 e. The zero-order valence-electron chi connectivity index (χ0n) is 17.5. The summed E-state index contributed by atoms with van der Waals surface area (Å²) in [5.74, 6) is 2.90. The maximum atomic E-state index is 11.2. The molecule has 1 saturated heterocycles. The Kier molecular flexibility index (Phi) is 5.12. The number of rotatable bonds is 4. The van der Waals surface area contributed by atoms with Crippen molar-refractivity contribution < 1.29 is 20.3 Å². The zero-order chi connectivity index (χ0) is 19.4. The molecule has 4 fully saturated rings. The molecule has 0 spiro atoms. The first kappa shape index (κ1) is 19.7. The molecule has 27 heavy (non-hydrogen) atoms. The molecule has 3 saturated carbocycles. The van der Waals surface area contributed by atoms with Crippen LogP contribution in [0.5, 0.6) is 0 Å². The van der Waals surface area contributed by atoms with Crippen molar-refractivity contribution >= 4 is 5.97 Å². The van der Waals surface area contributed by atoms with Gasteiger partial charge in [0.2, 0.25) is 0 Å². The van der Waals surface area contributed by atoms with Crippen LogP contribution < -0.4 is 5.32 Å². The fourth-order valence-corrected chi connectivity index (χ4v) is 8.54. The largest absolute Gasteiger partial charge is 0.481 e. The van der Waals surface area contributed by atoms with Gasteiger partial charge in [-0.25, -0.2) is 0 Å². The van der Waals surface area contributed by atoms with Crippen LogP contribution in [-0.4, -0.2) is 35.4 Å². The van der Waals surface area contributed by atoms with Gasteiger partial charge in [0.15, 0.2) is 0 Å². The minimum absolute atomic E-state index is 0.128. The molecule has 154 valence electrons. The van der Waals surface area contributed by atoms with Gasteiger partial charge in [0, 0.05) is 18.8 Å². The minimum Gasteiger partial charge on any atom is -0.481 e. The van der Waals surface area contributed by atoms with Crippen LogP contribution in [0.3, 0.4) is 0 Å². The summed E-state index contributed by atoms with van der Waals surface area (Å²) in [5, 5.41) is 22.8. The summed E-state index contributed by atoms with van der Waals surface area (Å²) in [6.07, 6.45) is 8.29. The topological polar surface area (TPSA) is 74.1 Å². The lowest BCUT2D eigenvalue weighted by molar-refractivity contribution is -0.678. The number of hydrogen-bond donors (Lipinski definition) is 3. The van der Waals surface area contributed by atoms with Gasteiger partial charge in [-0.3, -0.25) is 4.79 Å². The Hall–Kier alpha value is -0.610. The van der Waals surface area contributed by atoms with Gasteiger partial charge in [-0.15, -0.1) is 0 Å². The highest BCUT2D eigenvalue weighted by Crippen LogP contribution is 2.67. The molecule has 0 aromatic rings. The number of aliphatic carboxylic acids is 1. The van der Waals surface area contributed by atoms with Gasteiger partial charge < -0.3 is 15.5 Å². The first-order chi connectivity index (χ1) is 12.8. The van der Waals surface area contributed by atoms with E-state index in [1.807, 2.05) is 0 Å². The molecule has 0 aromatic heterocycles. The maximum absolute atomic E-state index is 11.2. The second-order valence-corrected chi connectivity index (χ2v) is 11.0. The van der Waals surface area contributed by atoms with Gasteiger partial charge >= 0.3 is 5.97 Å². The van der Waals surface area contributed by atoms with Gasteiger partial charge in [-0.05, 0) is 78.9 Å². The SMILES string of the molecule is C[C@H](CCC(=O)O)[C@H]1CC[C@H]2[C@@H]3[C@@H](O)C[C@@H]4C[NH2+]CC[C@]4(C)[C@H]3CC[C@]12C. The third kappa shape index (κ3) is 3.06. The Labute approximate surface area is 164 Å². The lowest BCUT2D eigenvalue weighted by Gasteiger charge is -2.61. The van der Waals surface area contributed by atoms with Gasteiger partial charge in [-0.2, -0.15) is 0 Å². The molecule has 4 nitrogen and oxygen atoms in total. The van der Waals surface area contributed by atoms with Crippen molar-refractivity contribution in [1.82, 2.24) is 0 Å². The maximum Gasteiger partial charge on any atom is 0.303 e. The summed E-state index contributed by atoms with van der Waals surface area (Å²) >= 11 is 0. The average Bonchev–Trinajstić information content (AvgIpc) is 2.97. The van der Waals surface area contributed by atoms with Crippen LogP contribution in [0.1, 0.15) is 72.1 Å². The molecule has 3 aliphatic carbocycles. The highest BCUT2D eigenvalue weighted by Gasteiger charge is 2.62. The van der Waals surface area contributed by atoms with Crippen LogP contribution in [0, 0.1) is 46.3 Å². The van der Waals surface area contributed by atoms with Crippen molar-refractivity contribution in [2.24, 2.45) is 46.3 Å². The number of carboxylic acid groups (broad SMARTS) is 1. The highest BCUT2D eigenvalue weighted by molar-refractivity contribution is 5.66. The summed E-state index contributed by atoms with van der Waals surface area (Å²) in [4.78, 5) is 11.0. The molecule has 4 heteroatoms. The minimum atomic E-state index is -0.666. The molecule has 0 amide bonds. The number of aliphatic hydroxyl groups excluding tert-OH is 1. The van der Waals surface area contributed by atoms with E-state index in [0.717, 1.165) is 12.8 Å². The molecule has 0 unspecified atom stereocenters. The van der Waals surface area contributed by atoms with Crippen molar-refractivity contribution in [2.75, 3.05) is 13.1 Å². The number of piperidine rings is 1. The monoisotopic (exact) mass is 378 g/mol. The van der Waals surface area contributed by atoms with Crippen molar-refractivity contribution in [3.63, 3.8) is 0 Å². The van der Waals surface area contributed by atoms with Crippen molar-refractivity contribution in [3.05, 3.63) is 0 Å². The van der Waals surface area contributed by atoms with Crippen LogP contribution in [0.15, 0.2) is 0 Å². The molecule has 0 aromatic carbocycles. The van der Waals surface area contributed by atoms with E-state index in [4.69, 9.17) is 5.11 Å². The number of nitrogens with two attached hydrogens (primary N) is 1. The van der Waals surface area contributed by atoms with Crippen LogP contribution >= 0.6 is 0 Å². The van der Waals surface area contributed by atoms with Crippen molar-refractivity contribution in [2.45, 2.75) is 78.2 Å². The van der Waals surface area contributed by atoms with Gasteiger partial charge in [-0.1, -0.05) is 20.8 Å². The molecule has 4 N–H and O–H groups in total. The third-order valence-electron chi connectivity index (χ3n) is 9.99. The Morgan fingerprint density at radius 3 is 2.63 bits per heavy atom. The summed E-state index contributed by atoms with van der Waals surface area (Å²) in [5.41, 5.74) is 0.719. The lowest BCUT2D eigenvalue weighted by Crippen LogP contribution is -2.90. The molecule has 1 aliphatic heterocycles. The van der Waals surface area contributed by atoms with Gasteiger partial charge in [0.25, 0.3) is 0 Å². The van der Waals surface area contributed by atoms with Crippen LogP contribution in [0.4, 0.5) is 0 Å². The Morgan fingerprint density at radius 1 is 1.15 bits per heavy atom. The van der Waals surface area contributed by atoms with E-state index in [-0.39, 0.29) is 6.10 Å². The summed E-state index contributed by atoms with van der Waals surface area (Å²) in [6, 6.07) is 0. The van der Waals surface area contributed by atoms with E-state index in [9.17, 15) is 9.90 Å². The molecular weight excluding hydrogens is 338 g/mol. The van der Waals surface area contributed by atoms with Gasteiger partial charge in [0.1, 0.15) is 0 Å². The first-order valence-corrected chi connectivity index (χ1v) is 11.5. The normalized spacial score (nSPS) is 50.4. The second kappa shape index (κ2) is 7.02. The number of aliphatic hydroxyl groups is 1. The van der Waals surface area contributed by atoms with E-state index >= 15 is 0 Å². The fourth-order valence-electron chi connectivity index (χ4n) is 8.54. The van der Waals surface area contributed by atoms with Gasteiger partial charge in [0.05, 0.1) is 19.2 Å². The molecular formula is C23H40NO3+. The van der Waals surface area contributed by atoms with Crippen molar-refractivity contribution in [1.29, 1.82) is 0 Å². The third-order valence-corrected chi connectivity index (χ3v) is 9.99. The standard InChI is InChI=1S/C23H39NO3/c1-14(4-7-20(26)27)16-5-6-17-21-18(8-9-23(16,17)3)22(2)10-11-24-13-15(22)12-19(21)25/h14-19,21,24-25H,4-13H2,1-3H3,(H,26,27)/p+1/t14-,15-,16-,17+,18+,19+,21+,22+,23-/m1/s1. The zero-order valence-corrected chi connectivity index (χ0v) is 17.5. The molecule has 4 aliphatic rings. The van der Waals surface area contributed by atoms with Crippen LogP contribution in [0.2, 0.25) is 0 Å². The van der Waals surface area contributed by atoms with E-state index < -0.39 is 5.97 Å². The fraction of sp³-hybridized carbons (Fsp3) is 0.957. The number of hydrogen-bond acceptors (Lipinski definition) is 2. The Morgan fingerprint density at radius 2 is 1.89 bits per heavy atom. The molecule has 1 heterocycles. The molecule has 4 rings (SSSR count). The highest BCUT2D eigenvalue weighted by atomic mass is 16.4. The molecule has 0 bridgehead atoms. The number of carboxylic acids is 1. The summed E-state index contributed by atoms with van der Waals surface area (Å²) < 4.78 is 0. The Balaban J connectivity index is 1.56. The van der Waals surface area contributed by atoms with E-state index in [1.54, 1.807) is 0 Å². The molecule has 9 atom stereocenters. The predicted molar refractivity (Wildman–Crippen MR) is 105 cm³/mol. The lowest BCUT2D eigenvalue weighted by atomic mass is 9.45. The van der Waals surface area contributed by atoms with Crippen molar-refractivity contribution in [3.8, 4) is 0 Å². The predicted octanol–water partition coefficient (Wildman–Crippen LogP) is 2.90. The quantitative estimate of drug-likeness (QED) is 0.704. The van der Waals surface area contributed by atoms with E-state index in [2.05, 4.69) is 26.1 Å². The molecule has 0 radical (unpaired) electrons. The average molecular weight is 379 g/mol. The second-order valence-electron chi connectivity index (χ2n) is 11.0. The van der Waals surface area contributed by atoms with Crippen LogP contribution in [-0.2, 0) is 4.79 Å². The number of fused-ring (bicyclic) bond motifs is 5. The first-order valence-electron chi connectivity index (χ1n) is 11.5.